The van der Waals surface area contributed by atoms with Crippen LogP contribution in [0.25, 0.3) is 36.5 Å². The number of nitrogens with zero attached hydrogens (tertiary/aromatic N) is 4. The average Bonchev–Trinajstić information content (AvgIpc) is 3.38. The molecule has 0 fully saturated rings. The van der Waals surface area contributed by atoms with Crippen molar-refractivity contribution in [3.8, 4) is 0 Å². The van der Waals surface area contributed by atoms with Gasteiger partial charge in [0.2, 0.25) is 0 Å². The lowest BCUT2D eigenvalue weighted by molar-refractivity contribution is 0.0568. The van der Waals surface area contributed by atoms with Gasteiger partial charge in [-0.15, -0.1) is 0 Å². The van der Waals surface area contributed by atoms with Gasteiger partial charge in [-0.25, -0.2) is 43.7 Å². The molecule has 0 aliphatic heterocycles. The second-order valence-corrected chi connectivity index (χ2v) is 14.1. The molecule has 16 nitrogen and oxygen atoms in total. The van der Waals surface area contributed by atoms with E-state index >= 15 is 0 Å². The molecular formula is C51H42N4O12. The highest BCUT2D eigenvalue weighted by Gasteiger charge is 2.18. The molecule has 0 saturated carbocycles. The Morgan fingerprint density at radius 2 is 0.493 bits per heavy atom. The summed E-state index contributed by atoms with van der Waals surface area (Å²) in [5.41, 5.74) is 6.14. The number of hydrogen-bond acceptors (Lipinski definition) is 16. The van der Waals surface area contributed by atoms with Crippen molar-refractivity contribution in [2.75, 3.05) is 47.6 Å². The van der Waals surface area contributed by atoms with E-state index in [1.807, 2.05) is 95.9 Å². The first kappa shape index (κ1) is 47.4. The van der Waals surface area contributed by atoms with Crippen molar-refractivity contribution in [1.29, 1.82) is 0 Å². The Morgan fingerprint density at radius 1 is 0.313 bits per heavy atom. The van der Waals surface area contributed by atoms with Gasteiger partial charge in [-0.1, -0.05) is 72.9 Å². The maximum atomic E-state index is 12.3. The largest absolute Gasteiger partial charge is 0.464 e. The topological polar surface area (TPSA) is 200 Å². The summed E-state index contributed by atoms with van der Waals surface area (Å²) in [4.78, 5) is 88.0. The van der Waals surface area contributed by atoms with Gasteiger partial charge < -0.3 is 33.3 Å². The molecule has 67 heavy (non-hydrogen) atoms. The summed E-state index contributed by atoms with van der Waals surface area (Å²) in [5, 5.41) is 0. The van der Waals surface area contributed by atoms with Crippen LogP contribution in [-0.4, -0.2) is 93.4 Å². The van der Waals surface area contributed by atoms with Crippen LogP contribution in [0.5, 0.6) is 0 Å². The number of aromatic nitrogens is 3. The van der Waals surface area contributed by atoms with Crippen LogP contribution >= 0.6 is 0 Å². The zero-order valence-electron chi connectivity index (χ0n) is 37.0. The zero-order chi connectivity index (χ0) is 48.0. The predicted molar refractivity (Wildman–Crippen MR) is 249 cm³/mol. The van der Waals surface area contributed by atoms with Gasteiger partial charge in [0.15, 0.2) is 0 Å². The van der Waals surface area contributed by atoms with Crippen molar-refractivity contribution in [2.45, 2.75) is 0 Å². The van der Waals surface area contributed by atoms with E-state index in [1.54, 1.807) is 18.2 Å². The van der Waals surface area contributed by atoms with Crippen molar-refractivity contribution in [3.63, 3.8) is 0 Å². The lowest BCUT2D eigenvalue weighted by atomic mass is 10.1. The highest BCUT2D eigenvalue weighted by Crippen LogP contribution is 2.35. The van der Waals surface area contributed by atoms with Crippen LogP contribution < -0.4 is 4.90 Å². The summed E-state index contributed by atoms with van der Waals surface area (Å²) in [6.07, 6.45) is 10.7. The van der Waals surface area contributed by atoms with Crippen LogP contribution in [0.1, 0.15) is 96.3 Å². The van der Waals surface area contributed by atoms with Gasteiger partial charge in [-0.2, -0.15) is 0 Å². The van der Waals surface area contributed by atoms with E-state index < -0.39 is 35.8 Å². The van der Waals surface area contributed by atoms with E-state index in [1.165, 1.54) is 79.1 Å². The fraction of sp³-hybridized carbons (Fsp3) is 0.118. The molecule has 338 valence electrons. The van der Waals surface area contributed by atoms with E-state index in [0.717, 1.165) is 33.8 Å². The number of hydrogen-bond donors (Lipinski definition) is 0. The third-order valence-corrected chi connectivity index (χ3v) is 9.77. The van der Waals surface area contributed by atoms with Gasteiger partial charge in [-0.3, -0.25) is 0 Å². The van der Waals surface area contributed by atoms with Crippen molar-refractivity contribution in [2.24, 2.45) is 0 Å². The molecule has 6 aromatic rings. The van der Waals surface area contributed by atoms with Crippen LogP contribution in [0.2, 0.25) is 0 Å². The first-order chi connectivity index (χ1) is 32.4. The highest BCUT2D eigenvalue weighted by molar-refractivity contribution is 5.95. The van der Waals surface area contributed by atoms with Crippen LogP contribution in [-0.2, 0) is 28.4 Å². The Morgan fingerprint density at radius 3 is 0.672 bits per heavy atom. The first-order valence-electron chi connectivity index (χ1n) is 20.1. The molecule has 3 heterocycles. The second kappa shape index (κ2) is 22.0. The lowest BCUT2D eigenvalue weighted by Crippen LogP contribution is -2.11. The van der Waals surface area contributed by atoms with E-state index in [0.29, 0.717) is 16.7 Å². The number of esters is 6. The SMILES string of the molecule is COC(=O)c1cc(/C=C/c2ccc(N(c3ccc(/C=C/c4cc(C(=O)OC)nc(C(=O)OC)c4)cc3)c3ccc(/C=C/c4cc(C(=O)OC)nc(C(=O)OC)c4)cc3)cc2)cc(C(=O)OC)n1. The summed E-state index contributed by atoms with van der Waals surface area (Å²) in [6, 6.07) is 32.2. The smallest absolute Gasteiger partial charge is 0.356 e. The van der Waals surface area contributed by atoms with E-state index in [-0.39, 0.29) is 34.2 Å². The molecule has 0 aliphatic rings. The molecule has 3 aromatic carbocycles. The van der Waals surface area contributed by atoms with Gasteiger partial charge in [0.1, 0.15) is 34.2 Å². The molecule has 0 saturated heterocycles. The van der Waals surface area contributed by atoms with Crippen LogP contribution in [0.4, 0.5) is 17.1 Å². The number of carbonyl (C=O) groups excluding carboxylic acids is 6. The third kappa shape index (κ3) is 12.0. The molecular weight excluding hydrogens is 861 g/mol. The molecule has 0 bridgehead atoms. The predicted octanol–water partition coefficient (Wildman–Crippen LogP) is 8.57. The van der Waals surface area contributed by atoms with Gasteiger partial charge in [0.25, 0.3) is 0 Å². The Hall–Kier alpha value is -9.05. The monoisotopic (exact) mass is 902 g/mol. The Bertz CT molecular complexity index is 2510. The molecule has 6 rings (SSSR count). The zero-order valence-corrected chi connectivity index (χ0v) is 37.0. The molecule has 3 aromatic heterocycles. The Labute approximate surface area is 384 Å². The van der Waals surface area contributed by atoms with Crippen molar-refractivity contribution in [1.82, 2.24) is 15.0 Å². The molecule has 16 heteroatoms. The molecule has 0 spiro atoms. The maximum Gasteiger partial charge on any atom is 0.356 e. The standard InChI is InChI=1S/C51H42N4O12/c1-62-46(56)40-25-34(26-41(52-40)47(57)63-2)10-7-31-13-19-37(20-14-31)55(38-21-15-32(16-22-38)8-11-35-27-42(48(58)64-3)53-43(28-35)49(59)65-4)39-23-17-33(18-24-39)9-12-36-29-44(50(60)66-5)54-45(30-36)51(61)67-6/h7-30H,1-6H3/b10-7+,11-8+,12-9+. The van der Waals surface area contributed by atoms with Crippen LogP contribution in [0.15, 0.2) is 109 Å². The molecule has 0 unspecified atom stereocenters. The minimum absolute atomic E-state index is 0.0467. The lowest BCUT2D eigenvalue weighted by Gasteiger charge is -2.26. The summed E-state index contributed by atoms with van der Waals surface area (Å²) >= 11 is 0. The van der Waals surface area contributed by atoms with E-state index in [9.17, 15) is 28.8 Å². The molecule has 0 aliphatic carbocycles. The summed E-state index contributed by atoms with van der Waals surface area (Å²) in [5.74, 6) is -4.21. The van der Waals surface area contributed by atoms with Crippen molar-refractivity contribution >= 4 is 89.3 Å². The number of pyridine rings is 3. The van der Waals surface area contributed by atoms with Gasteiger partial charge in [0, 0.05) is 17.1 Å². The van der Waals surface area contributed by atoms with Crippen molar-refractivity contribution < 1.29 is 57.2 Å². The Balaban J connectivity index is 1.33. The van der Waals surface area contributed by atoms with Gasteiger partial charge in [0.05, 0.1) is 42.7 Å². The van der Waals surface area contributed by atoms with Crippen molar-refractivity contribution in [3.05, 3.63) is 177 Å². The summed E-state index contributed by atoms with van der Waals surface area (Å²) in [7, 11) is 7.35. The summed E-state index contributed by atoms with van der Waals surface area (Å²) in [6.45, 7) is 0. The minimum Gasteiger partial charge on any atom is -0.464 e. The fourth-order valence-corrected chi connectivity index (χ4v) is 6.43. The molecule has 0 atom stereocenters. The number of carbonyl (C=O) groups is 6. The molecule has 0 N–H and O–H groups in total. The number of rotatable bonds is 15. The maximum absolute atomic E-state index is 12.3. The minimum atomic E-state index is -0.702. The third-order valence-electron chi connectivity index (χ3n) is 9.77. The number of ether oxygens (including phenoxy) is 6. The normalized spacial score (nSPS) is 11.0. The molecule has 0 amide bonds. The fourth-order valence-electron chi connectivity index (χ4n) is 6.43. The first-order valence-corrected chi connectivity index (χ1v) is 20.1. The average molecular weight is 903 g/mol. The van der Waals surface area contributed by atoms with E-state index in [4.69, 9.17) is 28.4 Å². The van der Waals surface area contributed by atoms with Gasteiger partial charge >= 0.3 is 35.8 Å². The van der Waals surface area contributed by atoms with Crippen LogP contribution in [0, 0.1) is 0 Å². The quantitative estimate of drug-likeness (QED) is 0.0700. The number of anilines is 3. The second-order valence-electron chi connectivity index (χ2n) is 14.1. The Kier molecular flexibility index (Phi) is 15.6. The number of benzene rings is 3. The van der Waals surface area contributed by atoms with Gasteiger partial charge in [-0.05, 0) is 106 Å². The van der Waals surface area contributed by atoms with Crippen LogP contribution in [0.3, 0.4) is 0 Å². The van der Waals surface area contributed by atoms with E-state index in [2.05, 4.69) is 15.0 Å². The highest BCUT2D eigenvalue weighted by atomic mass is 16.5. The molecule has 0 radical (unpaired) electrons. The summed E-state index contributed by atoms with van der Waals surface area (Å²) < 4.78 is 28.9. The number of methoxy groups -OCH3 is 6.